The van der Waals surface area contributed by atoms with E-state index in [9.17, 15) is 62.7 Å². The molecule has 20 N–H and O–H groups in total. The Labute approximate surface area is 506 Å². The molecule has 41 heteroatoms. The van der Waals surface area contributed by atoms with E-state index in [1.807, 2.05) is 22.6 Å². The van der Waals surface area contributed by atoms with Gasteiger partial charge in [0.1, 0.15) is 77.2 Å². The Morgan fingerprint density at radius 1 is 0.488 bits per heavy atom. The lowest BCUT2D eigenvalue weighted by molar-refractivity contribution is -0.140. The fourth-order valence-corrected chi connectivity index (χ4v) is 10.6. The molecule has 0 saturated carbocycles. The molecule has 5 aromatic heterocycles. The molecular weight excluding hydrogens is 1370 g/mol. The summed E-state index contributed by atoms with van der Waals surface area (Å²) in [5, 5.41) is 91.7. The average Bonchev–Trinajstić information content (AvgIpc) is 2.25. The topological polar surface area (TPSA) is 553 Å². The fourth-order valence-electron chi connectivity index (χ4n) is 8.51. The molecule has 19 atom stereocenters. The Balaban J connectivity index is 0.000000172. The first kappa shape index (κ1) is 69.2. The van der Waals surface area contributed by atoms with Crippen LogP contribution in [0.4, 0.5) is 42.3 Å². The Kier molecular flexibility index (Phi) is 24.0. The van der Waals surface area contributed by atoms with Crippen LogP contribution in [0.15, 0.2) is 85.3 Å². The SMILES string of the molecule is Nc1ccn([C@@H]2O[C@H](CO)[C@@H](O)C2(F)F)c(=O)n1.Nc1ccn([C@@H]2O[C@H](CO)[C@@H](O)[C@@H]2Br)c(=O)n1.Nc1ccn([C@@H]2O[C@H](CO)[C@@H](O)[C@@H]2Cl)c(=O)n1.Nc1ccn([C@@H]2O[C@H](CO)[C@@H](O)[C@@H]2F)c(=O)n1.Nc1ccn([C@@H]2O[C@H](CO)[C@@H](O)[C@@H]2I)c(=O)n1. The van der Waals surface area contributed by atoms with Crippen molar-refractivity contribution in [2.24, 2.45) is 0 Å². The van der Waals surface area contributed by atoms with Crippen LogP contribution in [0.3, 0.4) is 0 Å². The number of nitrogen functional groups attached to an aromatic ring is 5. The first-order valence-electron chi connectivity index (χ1n) is 24.9. The van der Waals surface area contributed by atoms with Gasteiger partial charge in [0, 0.05) is 31.0 Å². The van der Waals surface area contributed by atoms with Crippen molar-refractivity contribution in [1.29, 1.82) is 0 Å². The third kappa shape index (κ3) is 15.5. The van der Waals surface area contributed by atoms with Crippen LogP contribution in [-0.2, 0) is 23.7 Å². The summed E-state index contributed by atoms with van der Waals surface area (Å²) in [6.07, 6.45) is -12.0. The number of hydrogen-bond donors (Lipinski definition) is 15. The third-order valence-electron chi connectivity index (χ3n) is 13.1. The molecule has 10 rings (SSSR count). The summed E-state index contributed by atoms with van der Waals surface area (Å²) in [5.41, 5.74) is 23.1. The minimum absolute atomic E-state index is 0.0129. The summed E-state index contributed by atoms with van der Waals surface area (Å²) in [6.45, 7) is -2.32. The Bertz CT molecular complexity index is 3050. The van der Waals surface area contributed by atoms with Crippen molar-refractivity contribution in [2.75, 3.05) is 61.7 Å². The van der Waals surface area contributed by atoms with Gasteiger partial charge in [-0.3, -0.25) is 22.8 Å². The van der Waals surface area contributed by atoms with Gasteiger partial charge >= 0.3 is 34.4 Å². The highest BCUT2D eigenvalue weighted by Crippen LogP contribution is 2.42. The van der Waals surface area contributed by atoms with Gasteiger partial charge in [-0.25, -0.2) is 28.4 Å². The van der Waals surface area contributed by atoms with E-state index in [0.717, 1.165) is 21.4 Å². The van der Waals surface area contributed by atoms with Crippen molar-refractivity contribution in [3.63, 3.8) is 0 Å². The lowest BCUT2D eigenvalue weighted by atomic mass is 10.1. The molecule has 0 bridgehead atoms. The second kappa shape index (κ2) is 29.9. The van der Waals surface area contributed by atoms with E-state index >= 15 is 0 Å². The number of alkyl halides is 6. The summed E-state index contributed by atoms with van der Waals surface area (Å²) in [6, 6.07) is 6.83. The minimum Gasteiger partial charge on any atom is -0.394 e. The van der Waals surface area contributed by atoms with Crippen LogP contribution in [-0.4, -0.2) is 219 Å². The van der Waals surface area contributed by atoms with Crippen LogP contribution < -0.4 is 57.1 Å². The van der Waals surface area contributed by atoms with Gasteiger partial charge in [0.05, 0.1) is 54.0 Å². The van der Waals surface area contributed by atoms with E-state index in [1.54, 1.807) is 0 Å². The normalized spacial score (nSPS) is 32.4. The van der Waals surface area contributed by atoms with E-state index in [-0.39, 0.29) is 52.8 Å². The molecule has 0 aromatic carbocycles. The van der Waals surface area contributed by atoms with E-state index in [4.69, 9.17) is 89.5 Å². The number of hydrogen-bond acceptors (Lipinski definition) is 30. The maximum atomic E-state index is 13.7. The number of ether oxygens (including phenoxy) is 5. The Morgan fingerprint density at radius 2 is 0.802 bits per heavy atom. The number of nitrogens with two attached hydrogens (primary N) is 5. The molecule has 0 unspecified atom stereocenters. The van der Waals surface area contributed by atoms with Crippen LogP contribution in [0.5, 0.6) is 0 Å². The minimum atomic E-state index is -3.71. The van der Waals surface area contributed by atoms with Crippen molar-refractivity contribution in [1.82, 2.24) is 47.8 Å². The maximum Gasteiger partial charge on any atom is 0.351 e. The van der Waals surface area contributed by atoms with Gasteiger partial charge in [-0.15, -0.1) is 11.6 Å². The van der Waals surface area contributed by atoms with E-state index in [0.29, 0.717) is 4.57 Å². The first-order valence-corrected chi connectivity index (χ1v) is 27.5. The van der Waals surface area contributed by atoms with Crippen molar-refractivity contribution in [2.45, 2.75) is 118 Å². The zero-order chi connectivity index (χ0) is 63.8. The predicted molar refractivity (Wildman–Crippen MR) is 300 cm³/mol. The molecule has 0 amide bonds. The van der Waals surface area contributed by atoms with Crippen LogP contribution in [0, 0.1) is 0 Å². The van der Waals surface area contributed by atoms with Gasteiger partial charge in [0.25, 0.3) is 0 Å². The van der Waals surface area contributed by atoms with E-state index in [1.165, 1.54) is 58.2 Å². The summed E-state index contributed by atoms with van der Waals surface area (Å²) in [4.78, 5) is 74.6. The highest BCUT2D eigenvalue weighted by atomic mass is 127. The van der Waals surface area contributed by atoms with Crippen LogP contribution in [0.1, 0.15) is 31.1 Å². The molecule has 5 aromatic rings. The lowest BCUT2D eigenvalue weighted by Crippen LogP contribution is -2.41. The molecule has 0 aliphatic carbocycles. The molecule has 0 spiro atoms. The number of halogens is 6. The summed E-state index contributed by atoms with van der Waals surface area (Å²) < 4.78 is 71.7. The number of aliphatic hydroxyl groups is 10. The zero-order valence-electron chi connectivity index (χ0n) is 44.0. The molecule has 5 aliphatic heterocycles. The third-order valence-corrected chi connectivity index (χ3v) is 15.9. The van der Waals surface area contributed by atoms with Gasteiger partial charge in [-0.2, -0.15) is 33.7 Å². The second-order valence-electron chi connectivity index (χ2n) is 18.8. The summed E-state index contributed by atoms with van der Waals surface area (Å²) in [7, 11) is 0. The van der Waals surface area contributed by atoms with Crippen molar-refractivity contribution in [3.05, 3.63) is 114 Å². The average molecular weight is 1430 g/mol. The monoisotopic (exact) mass is 1430 g/mol. The second-order valence-corrected chi connectivity index (χ2v) is 21.8. The van der Waals surface area contributed by atoms with Gasteiger partial charge in [-0.05, 0) is 30.3 Å². The molecule has 86 heavy (non-hydrogen) atoms. The first-order chi connectivity index (χ1) is 40.5. The standard InChI is InChI=1S/C9H12BrN3O4.C9H12ClN3O4.C9H11F2N3O4.C9H12FN3O4.C9H12IN3O4/c2*10-6-7(15)4(3-14)17-8(6)13-2-1-5(11)12-9(13)16;10-9(11)6(16)4(3-15)18-7(9)14-2-1-5(12)13-8(14)17;2*10-6-7(15)4(3-14)17-8(6)13-2-1-5(11)12-9(13)16/h2*1-2,4,6-8,14-15H,3H2,(H2,11,12,16);1-2,4,6-7,15-16H,3H2,(H2,12,13,17);2*1-2,4,6-8,14-15H,3H2,(H2,11,12,16)/t2*4-,6+,7-,8-;4-,6-,7-;2*4-,6+,7-,8-/m11111/s1. The number of anilines is 5. The quantitative estimate of drug-likeness (QED) is 0.0457. The Hall–Kier alpha value is -5.91. The highest BCUT2D eigenvalue weighted by Gasteiger charge is 2.59. The zero-order valence-corrected chi connectivity index (χ0v) is 48.5. The number of rotatable bonds is 10. The van der Waals surface area contributed by atoms with Gasteiger partial charge in [0.2, 0.25) is 6.23 Å². The highest BCUT2D eigenvalue weighted by molar-refractivity contribution is 14.1. The van der Waals surface area contributed by atoms with Crippen LogP contribution in [0.25, 0.3) is 0 Å². The maximum absolute atomic E-state index is 13.7. The summed E-state index contributed by atoms with van der Waals surface area (Å²) >= 11 is 11.2. The smallest absolute Gasteiger partial charge is 0.351 e. The molecule has 10 heterocycles. The van der Waals surface area contributed by atoms with E-state index < -0.39 is 156 Å². The largest absolute Gasteiger partial charge is 0.394 e. The lowest BCUT2D eigenvalue weighted by Gasteiger charge is -2.20. The molecular formula is C45H59BrClF3IN15O20. The predicted octanol–water partition coefficient (Wildman–Crippen LogP) is -6.47. The molecule has 35 nitrogen and oxygen atoms in total. The molecule has 5 saturated heterocycles. The summed E-state index contributed by atoms with van der Waals surface area (Å²) in [5.74, 6) is -3.47. The van der Waals surface area contributed by atoms with Crippen molar-refractivity contribution >= 4 is 79.2 Å². The number of nitrogens with zero attached hydrogens (tertiary/aromatic N) is 10. The van der Waals surface area contributed by atoms with Gasteiger partial charge in [0.15, 0.2) is 37.2 Å². The Morgan fingerprint density at radius 3 is 1.15 bits per heavy atom. The molecule has 5 fully saturated rings. The van der Waals surface area contributed by atoms with Gasteiger partial charge in [-0.1, -0.05) is 38.5 Å². The molecule has 476 valence electrons. The van der Waals surface area contributed by atoms with Crippen LogP contribution in [0.2, 0.25) is 0 Å². The van der Waals surface area contributed by atoms with Crippen LogP contribution >= 0.6 is 50.1 Å². The van der Waals surface area contributed by atoms with Crippen molar-refractivity contribution in [3.8, 4) is 0 Å². The fraction of sp³-hybridized carbons (Fsp3) is 0.556. The van der Waals surface area contributed by atoms with E-state index in [2.05, 4.69) is 40.8 Å². The molecule has 5 aliphatic rings. The molecule has 0 radical (unpaired) electrons. The number of aliphatic hydroxyl groups excluding tert-OH is 10. The van der Waals surface area contributed by atoms with Gasteiger partial charge < -0.3 is 103 Å². The number of aromatic nitrogens is 10. The van der Waals surface area contributed by atoms with Crippen molar-refractivity contribution < 1.29 is 87.9 Å².